The Kier molecular flexibility index (Phi) is 5.46. The predicted molar refractivity (Wildman–Crippen MR) is 89.5 cm³/mol. The molecule has 2 aromatic rings. The molecule has 0 aliphatic carbocycles. The summed E-state index contributed by atoms with van der Waals surface area (Å²) < 4.78 is 34.5. The standard InChI is InChI=1S/C17H21F2N5O2/c1-26-14-5-4-13(15(18)16(14)19)17(25)23-6-2-3-11(8-23)9-24-10-12(7-20)21-22-24/h4-5,10-11H,2-3,6-9,20H2,1H3/t11-/m1/s1. The molecule has 1 aliphatic heterocycles. The molecule has 7 nitrogen and oxygen atoms in total. The van der Waals surface area contributed by atoms with E-state index in [0.717, 1.165) is 12.8 Å². The Labute approximate surface area is 149 Å². The highest BCUT2D eigenvalue weighted by molar-refractivity contribution is 5.94. The Morgan fingerprint density at radius 1 is 1.38 bits per heavy atom. The Hall–Kier alpha value is -2.55. The second-order valence-electron chi connectivity index (χ2n) is 6.34. The molecule has 140 valence electrons. The second-order valence-corrected chi connectivity index (χ2v) is 6.34. The van der Waals surface area contributed by atoms with Gasteiger partial charge in [-0.05, 0) is 30.9 Å². The van der Waals surface area contributed by atoms with Crippen LogP contribution in [0.15, 0.2) is 18.3 Å². The highest BCUT2D eigenvalue weighted by atomic mass is 19.2. The summed E-state index contributed by atoms with van der Waals surface area (Å²) in [5.41, 5.74) is 5.94. The molecule has 1 aromatic heterocycles. The summed E-state index contributed by atoms with van der Waals surface area (Å²) in [5.74, 6) is -2.91. The number of benzene rings is 1. The summed E-state index contributed by atoms with van der Waals surface area (Å²) in [6.45, 7) is 1.87. The third-order valence-electron chi connectivity index (χ3n) is 4.54. The minimum Gasteiger partial charge on any atom is -0.494 e. The molecule has 1 aliphatic rings. The zero-order chi connectivity index (χ0) is 18.7. The molecule has 1 atom stereocenters. The van der Waals surface area contributed by atoms with Gasteiger partial charge in [0.15, 0.2) is 11.6 Å². The normalized spacial score (nSPS) is 17.4. The van der Waals surface area contributed by atoms with Crippen LogP contribution in [0.25, 0.3) is 0 Å². The van der Waals surface area contributed by atoms with E-state index in [2.05, 4.69) is 10.3 Å². The van der Waals surface area contributed by atoms with E-state index in [-0.39, 0.29) is 17.2 Å². The van der Waals surface area contributed by atoms with Crippen molar-refractivity contribution in [3.8, 4) is 5.75 Å². The Morgan fingerprint density at radius 2 is 2.19 bits per heavy atom. The average Bonchev–Trinajstić information content (AvgIpc) is 3.11. The monoisotopic (exact) mass is 365 g/mol. The maximum Gasteiger partial charge on any atom is 0.256 e. The van der Waals surface area contributed by atoms with Crippen molar-refractivity contribution in [1.82, 2.24) is 19.9 Å². The number of hydrogen-bond acceptors (Lipinski definition) is 5. The number of piperidine rings is 1. The van der Waals surface area contributed by atoms with E-state index >= 15 is 0 Å². The van der Waals surface area contributed by atoms with Crippen molar-refractivity contribution in [1.29, 1.82) is 0 Å². The lowest BCUT2D eigenvalue weighted by atomic mass is 9.97. The van der Waals surface area contributed by atoms with E-state index in [1.54, 1.807) is 15.8 Å². The van der Waals surface area contributed by atoms with Crippen molar-refractivity contribution in [2.75, 3.05) is 20.2 Å². The van der Waals surface area contributed by atoms with Crippen LogP contribution < -0.4 is 10.5 Å². The molecule has 0 radical (unpaired) electrons. The smallest absolute Gasteiger partial charge is 0.256 e. The first-order valence-electron chi connectivity index (χ1n) is 8.43. The first-order chi connectivity index (χ1) is 12.5. The van der Waals surface area contributed by atoms with Crippen molar-refractivity contribution >= 4 is 5.91 Å². The number of carbonyl (C=O) groups excluding carboxylic acids is 1. The Morgan fingerprint density at radius 3 is 2.88 bits per heavy atom. The van der Waals surface area contributed by atoms with Crippen molar-refractivity contribution in [3.05, 3.63) is 41.2 Å². The molecule has 2 heterocycles. The summed E-state index contributed by atoms with van der Waals surface area (Å²) in [6.07, 6.45) is 3.48. The lowest BCUT2D eigenvalue weighted by Gasteiger charge is -2.32. The number of rotatable bonds is 5. The number of nitrogens with two attached hydrogens (primary N) is 1. The van der Waals surface area contributed by atoms with Gasteiger partial charge in [-0.15, -0.1) is 5.10 Å². The molecule has 0 spiro atoms. The molecule has 1 aromatic carbocycles. The van der Waals surface area contributed by atoms with Gasteiger partial charge >= 0.3 is 0 Å². The van der Waals surface area contributed by atoms with E-state index in [0.29, 0.717) is 31.9 Å². The molecule has 26 heavy (non-hydrogen) atoms. The molecule has 9 heteroatoms. The van der Waals surface area contributed by atoms with Gasteiger partial charge in [-0.1, -0.05) is 5.21 Å². The van der Waals surface area contributed by atoms with Crippen LogP contribution >= 0.6 is 0 Å². The van der Waals surface area contributed by atoms with E-state index < -0.39 is 17.5 Å². The van der Waals surface area contributed by atoms with E-state index in [9.17, 15) is 13.6 Å². The zero-order valence-electron chi connectivity index (χ0n) is 14.5. The van der Waals surface area contributed by atoms with Crippen LogP contribution in [-0.2, 0) is 13.1 Å². The summed E-state index contributed by atoms with van der Waals surface area (Å²) in [5, 5.41) is 7.96. The zero-order valence-corrected chi connectivity index (χ0v) is 14.5. The number of halogens is 2. The first kappa shape index (κ1) is 18.2. The molecule has 0 unspecified atom stereocenters. The number of amides is 1. The minimum atomic E-state index is -1.18. The van der Waals surface area contributed by atoms with Gasteiger partial charge in [0.25, 0.3) is 5.91 Å². The topological polar surface area (TPSA) is 86.3 Å². The highest BCUT2D eigenvalue weighted by Crippen LogP contribution is 2.25. The largest absolute Gasteiger partial charge is 0.494 e. The molecule has 0 saturated carbocycles. The molecule has 2 N–H and O–H groups in total. The lowest BCUT2D eigenvalue weighted by Crippen LogP contribution is -2.41. The maximum absolute atomic E-state index is 14.2. The van der Waals surface area contributed by atoms with Crippen LogP contribution in [0.5, 0.6) is 5.75 Å². The molecule has 1 saturated heterocycles. The molecule has 3 rings (SSSR count). The van der Waals surface area contributed by atoms with Crippen molar-refractivity contribution in [2.24, 2.45) is 11.7 Å². The third-order valence-corrected chi connectivity index (χ3v) is 4.54. The van der Waals surface area contributed by atoms with E-state index in [4.69, 9.17) is 10.5 Å². The van der Waals surface area contributed by atoms with Crippen LogP contribution in [0.4, 0.5) is 8.78 Å². The van der Waals surface area contributed by atoms with Gasteiger partial charge in [0.2, 0.25) is 5.82 Å². The summed E-state index contributed by atoms with van der Waals surface area (Å²) >= 11 is 0. The molecule has 0 bridgehead atoms. The SMILES string of the molecule is COc1ccc(C(=O)N2CCC[C@@H](Cn3cc(CN)nn3)C2)c(F)c1F. The van der Waals surface area contributed by atoms with Gasteiger partial charge in [-0.25, -0.2) is 4.39 Å². The summed E-state index contributed by atoms with van der Waals surface area (Å²) in [6, 6.07) is 2.52. The fourth-order valence-corrected chi connectivity index (χ4v) is 3.21. The number of aromatic nitrogens is 3. The van der Waals surface area contributed by atoms with E-state index in [1.165, 1.54) is 19.2 Å². The fourth-order valence-electron chi connectivity index (χ4n) is 3.21. The second kappa shape index (κ2) is 7.77. The van der Waals surface area contributed by atoms with Gasteiger partial charge < -0.3 is 15.4 Å². The number of likely N-dealkylation sites (tertiary alicyclic amines) is 1. The Bertz CT molecular complexity index is 795. The van der Waals surface area contributed by atoms with Crippen LogP contribution in [0.1, 0.15) is 28.9 Å². The third kappa shape index (κ3) is 3.67. The molecular formula is C17H21F2N5O2. The predicted octanol–water partition coefficient (Wildman–Crippen LogP) is 1.58. The van der Waals surface area contributed by atoms with Crippen molar-refractivity contribution < 1.29 is 18.3 Å². The number of carbonyl (C=O) groups is 1. The molecule has 1 fully saturated rings. The summed E-state index contributed by atoms with van der Waals surface area (Å²) in [7, 11) is 1.24. The van der Waals surface area contributed by atoms with Gasteiger partial charge in [0.1, 0.15) is 0 Å². The first-order valence-corrected chi connectivity index (χ1v) is 8.43. The maximum atomic E-state index is 14.2. The average molecular weight is 365 g/mol. The van der Waals surface area contributed by atoms with Crippen LogP contribution in [-0.4, -0.2) is 46.0 Å². The Balaban J connectivity index is 1.71. The summed E-state index contributed by atoms with van der Waals surface area (Å²) in [4.78, 5) is 14.2. The fraction of sp³-hybridized carbons (Fsp3) is 0.471. The van der Waals surface area contributed by atoms with Crippen molar-refractivity contribution in [2.45, 2.75) is 25.9 Å². The van der Waals surface area contributed by atoms with Crippen LogP contribution in [0, 0.1) is 17.6 Å². The number of nitrogens with zero attached hydrogens (tertiary/aromatic N) is 4. The molecule has 1 amide bonds. The van der Waals surface area contributed by atoms with Crippen LogP contribution in [0.2, 0.25) is 0 Å². The number of methoxy groups -OCH3 is 1. The van der Waals surface area contributed by atoms with Crippen LogP contribution in [0.3, 0.4) is 0 Å². The van der Waals surface area contributed by atoms with Gasteiger partial charge in [0.05, 0.1) is 18.4 Å². The van der Waals surface area contributed by atoms with Gasteiger partial charge in [-0.2, -0.15) is 4.39 Å². The van der Waals surface area contributed by atoms with E-state index in [1.807, 2.05) is 0 Å². The number of ether oxygens (including phenoxy) is 1. The van der Waals surface area contributed by atoms with Gasteiger partial charge in [-0.3, -0.25) is 9.48 Å². The van der Waals surface area contributed by atoms with Gasteiger partial charge in [0, 0.05) is 32.4 Å². The highest BCUT2D eigenvalue weighted by Gasteiger charge is 2.28. The quantitative estimate of drug-likeness (QED) is 0.869. The minimum absolute atomic E-state index is 0.159. The van der Waals surface area contributed by atoms with Crippen molar-refractivity contribution in [3.63, 3.8) is 0 Å². The lowest BCUT2D eigenvalue weighted by molar-refractivity contribution is 0.0653. The number of hydrogen-bond donors (Lipinski definition) is 1. The molecular weight excluding hydrogens is 344 g/mol.